The lowest BCUT2D eigenvalue weighted by molar-refractivity contribution is -0.118. The Balaban J connectivity index is 1.43. The second kappa shape index (κ2) is 6.31. The van der Waals surface area contributed by atoms with Crippen molar-refractivity contribution in [2.45, 2.75) is 51.0 Å². The zero-order chi connectivity index (χ0) is 19.5. The Labute approximate surface area is 164 Å². The van der Waals surface area contributed by atoms with Crippen LogP contribution in [0, 0.1) is 5.82 Å². The smallest absolute Gasteiger partial charge is 0.246 e. The van der Waals surface area contributed by atoms with Crippen LogP contribution in [0.15, 0.2) is 24.3 Å². The second-order valence-electron chi connectivity index (χ2n) is 8.76. The van der Waals surface area contributed by atoms with Crippen LogP contribution in [0.4, 0.5) is 10.1 Å². The van der Waals surface area contributed by atoms with E-state index in [9.17, 15) is 9.18 Å². The van der Waals surface area contributed by atoms with Crippen molar-refractivity contribution in [3.05, 3.63) is 57.9 Å². The summed E-state index contributed by atoms with van der Waals surface area (Å²) in [5.74, 6) is 0.585. The van der Waals surface area contributed by atoms with Crippen LogP contribution >= 0.6 is 0 Å². The molecule has 2 aromatic rings. The molecule has 2 aromatic carbocycles. The zero-order valence-electron chi connectivity index (χ0n) is 16.3. The fourth-order valence-electron chi connectivity index (χ4n) is 4.94. The molecule has 1 unspecified atom stereocenters. The first-order valence-electron chi connectivity index (χ1n) is 10.1. The van der Waals surface area contributed by atoms with E-state index in [0.29, 0.717) is 12.3 Å². The molecule has 4 nitrogen and oxygen atoms in total. The molecule has 2 heterocycles. The topological polar surface area (TPSA) is 50.4 Å². The summed E-state index contributed by atoms with van der Waals surface area (Å²) in [5.41, 5.74) is 5.52. The first-order valence-corrected chi connectivity index (χ1v) is 10.1. The van der Waals surface area contributed by atoms with E-state index in [4.69, 9.17) is 4.74 Å². The Morgan fingerprint density at radius 1 is 1.14 bits per heavy atom. The number of amides is 1. The summed E-state index contributed by atoms with van der Waals surface area (Å²) in [4.78, 5) is 13.0. The lowest BCUT2D eigenvalue weighted by Crippen LogP contribution is -2.38. The van der Waals surface area contributed by atoms with Crippen molar-refractivity contribution >= 4 is 11.6 Å². The molecule has 0 saturated carbocycles. The molecule has 1 amide bonds. The molecule has 146 valence electrons. The SMILES string of the molecule is CC1(C)CCc2cc(NC(=O)C3NCCc4cc5c(cc43)CCO5)cc(F)c21. The fraction of sp³-hybridized carbons (Fsp3) is 0.435. The molecule has 1 aliphatic carbocycles. The third-order valence-corrected chi connectivity index (χ3v) is 6.40. The van der Waals surface area contributed by atoms with Gasteiger partial charge in [0.05, 0.1) is 6.61 Å². The van der Waals surface area contributed by atoms with E-state index in [0.717, 1.165) is 65.8 Å². The van der Waals surface area contributed by atoms with Gasteiger partial charge in [-0.3, -0.25) is 4.79 Å². The molecule has 28 heavy (non-hydrogen) atoms. The lowest BCUT2D eigenvalue weighted by atomic mass is 9.86. The Morgan fingerprint density at radius 2 is 2.00 bits per heavy atom. The highest BCUT2D eigenvalue weighted by atomic mass is 19.1. The van der Waals surface area contributed by atoms with Crippen LogP contribution in [0.3, 0.4) is 0 Å². The minimum atomic E-state index is -0.428. The summed E-state index contributed by atoms with van der Waals surface area (Å²) < 4.78 is 20.4. The third kappa shape index (κ3) is 2.80. The summed E-state index contributed by atoms with van der Waals surface area (Å²) in [5, 5.41) is 6.27. The van der Waals surface area contributed by atoms with Crippen LogP contribution < -0.4 is 15.4 Å². The molecule has 0 aromatic heterocycles. The van der Waals surface area contributed by atoms with Crippen molar-refractivity contribution in [2.24, 2.45) is 0 Å². The van der Waals surface area contributed by atoms with Gasteiger partial charge in [-0.25, -0.2) is 4.39 Å². The summed E-state index contributed by atoms with van der Waals surface area (Å²) in [6.07, 6.45) is 3.53. The van der Waals surface area contributed by atoms with Crippen LogP contribution in [0.1, 0.15) is 54.1 Å². The molecule has 0 spiro atoms. The van der Waals surface area contributed by atoms with Crippen LogP contribution in [-0.2, 0) is 29.5 Å². The Hall–Kier alpha value is -2.40. The van der Waals surface area contributed by atoms with E-state index < -0.39 is 6.04 Å². The van der Waals surface area contributed by atoms with Gasteiger partial charge in [0.15, 0.2) is 0 Å². The minimum absolute atomic E-state index is 0.142. The molecule has 0 radical (unpaired) electrons. The van der Waals surface area contributed by atoms with E-state index in [2.05, 4.69) is 36.6 Å². The molecule has 0 saturated heterocycles. The van der Waals surface area contributed by atoms with Gasteiger partial charge < -0.3 is 15.4 Å². The Kier molecular flexibility index (Phi) is 3.98. The van der Waals surface area contributed by atoms with Gasteiger partial charge in [0, 0.05) is 18.7 Å². The third-order valence-electron chi connectivity index (χ3n) is 6.40. The molecule has 0 bridgehead atoms. The van der Waals surface area contributed by atoms with Crippen molar-refractivity contribution in [1.82, 2.24) is 5.32 Å². The van der Waals surface area contributed by atoms with Gasteiger partial charge >= 0.3 is 0 Å². The highest BCUT2D eigenvalue weighted by Gasteiger charge is 2.34. The number of carbonyl (C=O) groups is 1. The van der Waals surface area contributed by atoms with Crippen molar-refractivity contribution < 1.29 is 13.9 Å². The molecule has 3 aliphatic rings. The fourth-order valence-corrected chi connectivity index (χ4v) is 4.94. The monoisotopic (exact) mass is 380 g/mol. The van der Waals surface area contributed by atoms with Crippen LogP contribution in [0.2, 0.25) is 0 Å². The van der Waals surface area contributed by atoms with Crippen molar-refractivity contribution in [2.75, 3.05) is 18.5 Å². The quantitative estimate of drug-likeness (QED) is 0.833. The first-order chi connectivity index (χ1) is 13.4. The maximum atomic E-state index is 14.7. The van der Waals surface area contributed by atoms with Gasteiger partial charge in [0.1, 0.15) is 17.6 Å². The van der Waals surface area contributed by atoms with Gasteiger partial charge in [-0.2, -0.15) is 0 Å². The first kappa shape index (κ1) is 17.7. The van der Waals surface area contributed by atoms with Gasteiger partial charge in [0.2, 0.25) is 5.91 Å². The van der Waals surface area contributed by atoms with Gasteiger partial charge in [-0.15, -0.1) is 0 Å². The van der Waals surface area contributed by atoms with Crippen LogP contribution in [-0.4, -0.2) is 19.1 Å². The normalized spacial score (nSPS) is 21.5. The van der Waals surface area contributed by atoms with E-state index in [1.807, 2.05) is 6.07 Å². The average molecular weight is 380 g/mol. The van der Waals surface area contributed by atoms with Gasteiger partial charge in [-0.1, -0.05) is 13.8 Å². The van der Waals surface area contributed by atoms with E-state index in [-0.39, 0.29) is 17.1 Å². The number of nitrogens with one attached hydrogen (secondary N) is 2. The summed E-state index contributed by atoms with van der Waals surface area (Å²) in [6.45, 7) is 5.58. The number of hydrogen-bond acceptors (Lipinski definition) is 3. The van der Waals surface area contributed by atoms with Gasteiger partial charge in [-0.05, 0) is 76.8 Å². The maximum absolute atomic E-state index is 14.7. The lowest BCUT2D eigenvalue weighted by Gasteiger charge is -2.27. The number of fused-ring (bicyclic) bond motifs is 3. The second-order valence-corrected chi connectivity index (χ2v) is 8.76. The molecule has 1 atom stereocenters. The number of benzene rings is 2. The maximum Gasteiger partial charge on any atom is 0.246 e. The highest BCUT2D eigenvalue weighted by Crippen LogP contribution is 2.41. The number of ether oxygens (including phenoxy) is 1. The Bertz CT molecular complexity index is 983. The van der Waals surface area contributed by atoms with Gasteiger partial charge in [0.25, 0.3) is 0 Å². The molecular formula is C23H25FN2O2. The zero-order valence-corrected chi connectivity index (χ0v) is 16.3. The Morgan fingerprint density at radius 3 is 2.86 bits per heavy atom. The molecule has 5 heteroatoms. The summed E-state index contributed by atoms with van der Waals surface area (Å²) >= 11 is 0. The molecule has 0 fully saturated rings. The number of halogens is 1. The largest absolute Gasteiger partial charge is 0.493 e. The van der Waals surface area contributed by atoms with Crippen molar-refractivity contribution in [3.8, 4) is 5.75 Å². The van der Waals surface area contributed by atoms with E-state index >= 15 is 0 Å². The van der Waals surface area contributed by atoms with Crippen molar-refractivity contribution in [3.63, 3.8) is 0 Å². The molecule has 5 rings (SSSR count). The summed E-state index contributed by atoms with van der Waals surface area (Å²) in [6, 6.07) is 7.15. The predicted octanol–water partition coefficient (Wildman–Crippen LogP) is 3.81. The van der Waals surface area contributed by atoms with E-state index in [1.54, 1.807) is 0 Å². The molecular weight excluding hydrogens is 355 g/mol. The minimum Gasteiger partial charge on any atom is -0.493 e. The number of aryl methyl sites for hydroxylation is 1. The number of hydrogen-bond donors (Lipinski definition) is 2. The van der Waals surface area contributed by atoms with Crippen LogP contribution in [0.5, 0.6) is 5.75 Å². The molecule has 2 N–H and O–H groups in total. The van der Waals surface area contributed by atoms with E-state index in [1.165, 1.54) is 6.07 Å². The predicted molar refractivity (Wildman–Crippen MR) is 106 cm³/mol. The standard InChI is InChI=1S/C23H25FN2O2/c1-23(2)6-3-15-9-16(12-18(24)20(15)23)26-22(27)21-17-10-14-5-8-28-19(14)11-13(17)4-7-25-21/h9-12,21,25H,3-8H2,1-2H3,(H,26,27). The molecule has 2 aliphatic heterocycles. The highest BCUT2D eigenvalue weighted by molar-refractivity contribution is 5.96. The van der Waals surface area contributed by atoms with Crippen molar-refractivity contribution in [1.29, 1.82) is 0 Å². The number of anilines is 1. The van der Waals surface area contributed by atoms with Crippen LogP contribution in [0.25, 0.3) is 0 Å². The average Bonchev–Trinajstić information content (AvgIpc) is 3.22. The number of rotatable bonds is 2. The number of carbonyl (C=O) groups excluding carboxylic acids is 1. The summed E-state index contributed by atoms with van der Waals surface area (Å²) in [7, 11) is 0.